The zero-order chi connectivity index (χ0) is 16.8. The third kappa shape index (κ3) is 4.29. The van der Waals surface area contributed by atoms with E-state index in [4.69, 9.17) is 5.73 Å². The van der Waals surface area contributed by atoms with Gasteiger partial charge in [-0.3, -0.25) is 4.79 Å². The van der Waals surface area contributed by atoms with Crippen molar-refractivity contribution in [2.24, 2.45) is 5.10 Å². The van der Waals surface area contributed by atoms with Crippen LogP contribution < -0.4 is 16.1 Å². The minimum atomic E-state index is -0.251. The summed E-state index contributed by atoms with van der Waals surface area (Å²) in [6.45, 7) is 7.85. The number of hydrogen-bond acceptors (Lipinski definition) is 6. The van der Waals surface area contributed by atoms with E-state index in [9.17, 15) is 4.79 Å². The van der Waals surface area contributed by atoms with Gasteiger partial charge >= 0.3 is 0 Å². The predicted molar refractivity (Wildman–Crippen MR) is 96.2 cm³/mol. The van der Waals surface area contributed by atoms with Crippen LogP contribution in [0.15, 0.2) is 34.7 Å². The van der Waals surface area contributed by atoms with E-state index in [2.05, 4.69) is 34.3 Å². The molecule has 0 radical (unpaired) electrons. The van der Waals surface area contributed by atoms with E-state index in [1.165, 1.54) is 11.3 Å². The van der Waals surface area contributed by atoms with Crippen molar-refractivity contribution in [3.63, 3.8) is 0 Å². The van der Waals surface area contributed by atoms with Gasteiger partial charge in [0.25, 0.3) is 5.91 Å². The molecular weight excluding hydrogens is 310 g/mol. The number of carbonyl (C=O) groups is 1. The molecule has 0 atom stereocenters. The number of hydrogen-bond donors (Lipinski definition) is 2. The fourth-order valence-corrected chi connectivity index (χ4v) is 2.73. The summed E-state index contributed by atoms with van der Waals surface area (Å²) in [5.41, 5.74) is 11.1. The second kappa shape index (κ2) is 7.73. The average molecular weight is 331 g/mol. The van der Waals surface area contributed by atoms with Gasteiger partial charge in [-0.25, -0.2) is 10.4 Å². The first kappa shape index (κ1) is 17.0. The molecule has 23 heavy (non-hydrogen) atoms. The number of nitrogen functional groups attached to an aromatic ring is 1. The molecule has 1 aromatic carbocycles. The van der Waals surface area contributed by atoms with Gasteiger partial charge < -0.3 is 10.6 Å². The number of hydrazone groups is 1. The van der Waals surface area contributed by atoms with Crippen LogP contribution in [0, 0.1) is 0 Å². The molecule has 1 amide bonds. The highest BCUT2D eigenvalue weighted by Crippen LogP contribution is 2.15. The zero-order valence-corrected chi connectivity index (χ0v) is 14.4. The van der Waals surface area contributed by atoms with E-state index in [1.54, 1.807) is 24.4 Å². The zero-order valence-electron chi connectivity index (χ0n) is 13.5. The normalized spacial score (nSPS) is 11.3. The van der Waals surface area contributed by atoms with Crippen molar-refractivity contribution in [2.45, 2.75) is 20.8 Å². The average Bonchev–Trinajstić information content (AvgIpc) is 3.00. The van der Waals surface area contributed by atoms with Crippen molar-refractivity contribution in [1.82, 2.24) is 10.4 Å². The maximum absolute atomic E-state index is 12.1. The van der Waals surface area contributed by atoms with Gasteiger partial charge in [-0.05, 0) is 45.0 Å². The molecule has 0 bridgehead atoms. The Kier molecular flexibility index (Phi) is 5.70. The lowest BCUT2D eigenvalue weighted by Gasteiger charge is -2.20. The number of amides is 1. The summed E-state index contributed by atoms with van der Waals surface area (Å²) in [7, 11) is 0. The lowest BCUT2D eigenvalue weighted by molar-refractivity contribution is 0.0955. The predicted octanol–water partition coefficient (Wildman–Crippen LogP) is 2.73. The van der Waals surface area contributed by atoms with Crippen LogP contribution in [-0.2, 0) is 0 Å². The Balaban J connectivity index is 2.03. The Morgan fingerprint density at radius 1 is 1.30 bits per heavy atom. The molecule has 0 aliphatic carbocycles. The molecule has 0 spiro atoms. The van der Waals surface area contributed by atoms with Crippen LogP contribution >= 0.6 is 11.3 Å². The lowest BCUT2D eigenvalue weighted by Crippen LogP contribution is -2.22. The van der Waals surface area contributed by atoms with E-state index < -0.39 is 0 Å². The SMILES string of the molecule is CCN(CC)c1ccc(C(=O)NN=C(C)c2csc(N)n2)cc1. The van der Waals surface area contributed by atoms with Gasteiger partial charge in [-0.15, -0.1) is 11.3 Å². The molecule has 0 saturated carbocycles. The number of anilines is 2. The fourth-order valence-electron chi connectivity index (χ4n) is 2.12. The summed E-state index contributed by atoms with van der Waals surface area (Å²) in [6, 6.07) is 7.49. The van der Waals surface area contributed by atoms with Crippen molar-refractivity contribution < 1.29 is 4.79 Å². The van der Waals surface area contributed by atoms with Crippen molar-refractivity contribution in [3.05, 3.63) is 40.9 Å². The van der Waals surface area contributed by atoms with Crippen molar-refractivity contribution in [1.29, 1.82) is 0 Å². The highest BCUT2D eigenvalue weighted by molar-refractivity contribution is 7.13. The minimum absolute atomic E-state index is 0.251. The number of nitrogens with one attached hydrogen (secondary N) is 1. The maximum atomic E-state index is 12.1. The quantitative estimate of drug-likeness (QED) is 0.630. The first-order valence-corrected chi connectivity index (χ1v) is 8.34. The molecule has 2 rings (SSSR count). The monoisotopic (exact) mass is 331 g/mol. The lowest BCUT2D eigenvalue weighted by atomic mass is 10.2. The van der Waals surface area contributed by atoms with Gasteiger partial charge in [0.15, 0.2) is 5.13 Å². The summed E-state index contributed by atoms with van der Waals surface area (Å²) in [5.74, 6) is -0.251. The standard InChI is InChI=1S/C16H21N5OS/c1-4-21(5-2)13-8-6-12(7-9-13)15(22)20-19-11(3)14-10-23-16(17)18-14/h6-10H,4-5H2,1-3H3,(H2,17,18)(H,20,22). The van der Waals surface area contributed by atoms with Gasteiger partial charge in [0.2, 0.25) is 0 Å². The van der Waals surface area contributed by atoms with E-state index in [-0.39, 0.29) is 5.91 Å². The molecule has 3 N–H and O–H groups in total. The van der Waals surface area contributed by atoms with Crippen molar-refractivity contribution in [2.75, 3.05) is 23.7 Å². The van der Waals surface area contributed by atoms with Crippen LogP contribution in [0.25, 0.3) is 0 Å². The van der Waals surface area contributed by atoms with Crippen LogP contribution in [0.2, 0.25) is 0 Å². The first-order valence-electron chi connectivity index (χ1n) is 7.46. The van der Waals surface area contributed by atoms with Gasteiger partial charge in [-0.1, -0.05) is 0 Å². The second-order valence-electron chi connectivity index (χ2n) is 4.93. The Hall–Kier alpha value is -2.41. The number of carbonyl (C=O) groups excluding carboxylic acids is 1. The molecule has 0 aliphatic heterocycles. The van der Waals surface area contributed by atoms with Gasteiger partial charge in [0.05, 0.1) is 11.4 Å². The molecule has 1 heterocycles. The summed E-state index contributed by atoms with van der Waals surface area (Å²) < 4.78 is 0. The fraction of sp³-hybridized carbons (Fsp3) is 0.312. The van der Waals surface area contributed by atoms with E-state index in [1.807, 2.05) is 12.1 Å². The molecule has 1 aromatic heterocycles. The summed E-state index contributed by atoms with van der Waals surface area (Å²) in [4.78, 5) is 18.5. The Morgan fingerprint density at radius 2 is 1.96 bits per heavy atom. The molecular formula is C16H21N5OS. The van der Waals surface area contributed by atoms with Gasteiger partial charge in [0.1, 0.15) is 0 Å². The van der Waals surface area contributed by atoms with E-state index in [0.717, 1.165) is 18.8 Å². The molecule has 2 aromatic rings. The number of benzene rings is 1. The Labute approximate surface area is 140 Å². The largest absolute Gasteiger partial charge is 0.375 e. The van der Waals surface area contributed by atoms with E-state index >= 15 is 0 Å². The summed E-state index contributed by atoms with van der Waals surface area (Å²) in [5, 5.41) is 6.35. The number of rotatable bonds is 6. The number of thiazole rings is 1. The Morgan fingerprint density at radius 3 is 2.48 bits per heavy atom. The number of aromatic nitrogens is 1. The number of nitrogens with zero attached hydrogens (tertiary/aromatic N) is 3. The second-order valence-corrected chi connectivity index (χ2v) is 5.82. The van der Waals surface area contributed by atoms with E-state index in [0.29, 0.717) is 22.1 Å². The third-order valence-electron chi connectivity index (χ3n) is 3.48. The molecule has 6 nitrogen and oxygen atoms in total. The third-order valence-corrected chi connectivity index (χ3v) is 4.15. The smallest absolute Gasteiger partial charge is 0.271 e. The van der Waals surface area contributed by atoms with Crippen LogP contribution in [0.3, 0.4) is 0 Å². The van der Waals surface area contributed by atoms with Crippen molar-refractivity contribution >= 4 is 33.8 Å². The number of nitrogens with two attached hydrogens (primary N) is 1. The molecule has 7 heteroatoms. The highest BCUT2D eigenvalue weighted by Gasteiger charge is 2.08. The first-order chi connectivity index (χ1) is 11.0. The topological polar surface area (TPSA) is 83.6 Å². The van der Waals surface area contributed by atoms with Crippen molar-refractivity contribution in [3.8, 4) is 0 Å². The molecule has 0 fully saturated rings. The highest BCUT2D eigenvalue weighted by atomic mass is 32.1. The molecule has 0 saturated heterocycles. The molecule has 122 valence electrons. The van der Waals surface area contributed by atoms with Gasteiger partial charge in [-0.2, -0.15) is 5.10 Å². The van der Waals surface area contributed by atoms with Crippen LogP contribution in [0.5, 0.6) is 0 Å². The molecule has 0 aliphatic rings. The Bertz CT molecular complexity index is 689. The summed E-state index contributed by atoms with van der Waals surface area (Å²) in [6.07, 6.45) is 0. The summed E-state index contributed by atoms with van der Waals surface area (Å²) >= 11 is 1.34. The minimum Gasteiger partial charge on any atom is -0.375 e. The van der Waals surface area contributed by atoms with Crippen LogP contribution in [0.4, 0.5) is 10.8 Å². The molecule has 0 unspecified atom stereocenters. The van der Waals surface area contributed by atoms with Crippen LogP contribution in [-0.4, -0.2) is 29.7 Å². The van der Waals surface area contributed by atoms with Gasteiger partial charge in [0, 0.05) is 29.7 Å². The van der Waals surface area contributed by atoms with Crippen LogP contribution in [0.1, 0.15) is 36.8 Å². The maximum Gasteiger partial charge on any atom is 0.271 e.